The Morgan fingerprint density at radius 1 is 1.16 bits per heavy atom. The number of nitrogens with zero attached hydrogens (tertiary/aromatic N) is 3. The molecular weight excluding hydrogens is 258 g/mol. The topological polar surface area (TPSA) is 39.6 Å². The summed E-state index contributed by atoms with van der Waals surface area (Å²) >= 11 is 1.73. The molecule has 19 heavy (non-hydrogen) atoms. The molecule has 104 valence electrons. The van der Waals surface area contributed by atoms with Crippen LogP contribution in [-0.2, 0) is 6.42 Å². The van der Waals surface area contributed by atoms with Gasteiger partial charge in [-0.2, -0.15) is 0 Å². The summed E-state index contributed by atoms with van der Waals surface area (Å²) < 4.78 is 0. The van der Waals surface area contributed by atoms with Gasteiger partial charge in [-0.25, -0.2) is 4.98 Å². The summed E-state index contributed by atoms with van der Waals surface area (Å²) in [5, 5.41) is 11.2. The van der Waals surface area contributed by atoms with Gasteiger partial charge >= 0.3 is 0 Å². The van der Waals surface area contributed by atoms with Crippen LogP contribution in [0.3, 0.4) is 0 Å². The molecule has 0 aromatic carbocycles. The number of rotatable bonds is 1. The fourth-order valence-corrected chi connectivity index (χ4v) is 4.85. The molecule has 1 aromatic heterocycles. The first kappa shape index (κ1) is 12.1. The SMILES string of the molecule is OC1CCCc2nc(N3CCN4CCCC4C3)sc21. The summed E-state index contributed by atoms with van der Waals surface area (Å²) in [4.78, 5) is 11.0. The van der Waals surface area contributed by atoms with Crippen molar-refractivity contribution in [2.45, 2.75) is 44.2 Å². The molecule has 1 aromatic rings. The lowest BCUT2D eigenvalue weighted by molar-refractivity contribution is 0.160. The van der Waals surface area contributed by atoms with Gasteiger partial charge in [0.15, 0.2) is 5.13 Å². The molecule has 2 unspecified atom stereocenters. The highest BCUT2D eigenvalue weighted by molar-refractivity contribution is 7.15. The highest BCUT2D eigenvalue weighted by Crippen LogP contribution is 2.38. The highest BCUT2D eigenvalue weighted by atomic mass is 32.1. The van der Waals surface area contributed by atoms with Crippen LogP contribution < -0.4 is 4.90 Å². The van der Waals surface area contributed by atoms with Crippen molar-refractivity contribution in [1.29, 1.82) is 0 Å². The van der Waals surface area contributed by atoms with E-state index in [1.807, 2.05) is 0 Å². The number of aliphatic hydroxyl groups is 1. The molecule has 4 rings (SSSR count). The Balaban J connectivity index is 1.56. The van der Waals surface area contributed by atoms with Gasteiger partial charge in [0.25, 0.3) is 0 Å². The molecule has 1 aliphatic carbocycles. The zero-order valence-corrected chi connectivity index (χ0v) is 12.0. The van der Waals surface area contributed by atoms with E-state index < -0.39 is 0 Å². The highest BCUT2D eigenvalue weighted by Gasteiger charge is 2.32. The van der Waals surface area contributed by atoms with Crippen molar-refractivity contribution in [2.75, 3.05) is 31.1 Å². The summed E-state index contributed by atoms with van der Waals surface area (Å²) in [6.45, 7) is 4.69. The van der Waals surface area contributed by atoms with Gasteiger partial charge < -0.3 is 10.0 Å². The first-order chi connectivity index (χ1) is 9.31. The van der Waals surface area contributed by atoms with E-state index in [4.69, 9.17) is 4.98 Å². The Kier molecular flexibility index (Phi) is 3.01. The zero-order valence-electron chi connectivity index (χ0n) is 11.2. The van der Waals surface area contributed by atoms with Gasteiger partial charge in [0, 0.05) is 25.7 Å². The van der Waals surface area contributed by atoms with Gasteiger partial charge in [-0.1, -0.05) is 11.3 Å². The molecule has 2 aliphatic heterocycles. The number of piperazine rings is 1. The van der Waals surface area contributed by atoms with Crippen molar-refractivity contribution in [1.82, 2.24) is 9.88 Å². The van der Waals surface area contributed by atoms with Crippen LogP contribution in [0.2, 0.25) is 0 Å². The number of hydrogen-bond donors (Lipinski definition) is 1. The van der Waals surface area contributed by atoms with Crippen LogP contribution in [0.1, 0.15) is 42.4 Å². The third kappa shape index (κ3) is 2.08. The molecule has 0 spiro atoms. The van der Waals surface area contributed by atoms with E-state index in [1.54, 1.807) is 11.3 Å². The van der Waals surface area contributed by atoms with Crippen molar-refractivity contribution in [3.05, 3.63) is 10.6 Å². The predicted octanol–water partition coefficient (Wildman–Crippen LogP) is 1.80. The molecule has 3 aliphatic rings. The number of aliphatic hydroxyl groups excluding tert-OH is 1. The van der Waals surface area contributed by atoms with Crippen LogP contribution >= 0.6 is 11.3 Å². The standard InChI is InChI=1S/C14H21N3OS/c18-12-5-1-4-11-13(12)19-14(15-11)17-8-7-16-6-2-3-10(16)9-17/h10,12,18H,1-9H2. The van der Waals surface area contributed by atoms with Crippen LogP contribution in [0.4, 0.5) is 5.13 Å². The molecule has 2 atom stereocenters. The summed E-state index contributed by atoms with van der Waals surface area (Å²) in [6, 6.07) is 0.736. The molecular formula is C14H21N3OS. The summed E-state index contributed by atoms with van der Waals surface area (Å²) in [7, 11) is 0. The maximum Gasteiger partial charge on any atom is 0.185 e. The Hall–Kier alpha value is -0.650. The quantitative estimate of drug-likeness (QED) is 0.851. The number of fused-ring (bicyclic) bond motifs is 2. The number of anilines is 1. The normalized spacial score (nSPS) is 31.3. The fourth-order valence-electron chi connectivity index (χ4n) is 3.68. The Labute approximate surface area is 118 Å². The van der Waals surface area contributed by atoms with Crippen molar-refractivity contribution in [2.24, 2.45) is 0 Å². The maximum absolute atomic E-state index is 10.1. The molecule has 2 fully saturated rings. The first-order valence-corrected chi connectivity index (χ1v) is 8.29. The van der Waals surface area contributed by atoms with E-state index in [0.717, 1.165) is 54.1 Å². The largest absolute Gasteiger partial charge is 0.388 e. The van der Waals surface area contributed by atoms with E-state index in [1.165, 1.54) is 25.9 Å². The van der Waals surface area contributed by atoms with E-state index in [0.29, 0.717) is 0 Å². The van der Waals surface area contributed by atoms with Crippen LogP contribution in [0.15, 0.2) is 0 Å². The average molecular weight is 279 g/mol. The average Bonchev–Trinajstić information content (AvgIpc) is 3.04. The smallest absolute Gasteiger partial charge is 0.185 e. The van der Waals surface area contributed by atoms with Crippen LogP contribution in [-0.4, -0.2) is 47.2 Å². The monoisotopic (exact) mass is 279 g/mol. The fraction of sp³-hybridized carbons (Fsp3) is 0.786. The number of aromatic nitrogens is 1. The van der Waals surface area contributed by atoms with Crippen LogP contribution in [0, 0.1) is 0 Å². The minimum absolute atomic E-state index is 0.261. The first-order valence-electron chi connectivity index (χ1n) is 7.48. The van der Waals surface area contributed by atoms with Crippen molar-refractivity contribution < 1.29 is 5.11 Å². The van der Waals surface area contributed by atoms with Gasteiger partial charge in [-0.05, 0) is 38.6 Å². The molecule has 4 nitrogen and oxygen atoms in total. The number of aryl methyl sites for hydroxylation is 1. The number of thiazole rings is 1. The zero-order chi connectivity index (χ0) is 12.8. The second kappa shape index (κ2) is 4.72. The molecule has 0 saturated carbocycles. The van der Waals surface area contributed by atoms with Gasteiger partial charge in [-0.15, -0.1) is 0 Å². The van der Waals surface area contributed by atoms with Crippen LogP contribution in [0.25, 0.3) is 0 Å². The van der Waals surface area contributed by atoms with Gasteiger partial charge in [0.05, 0.1) is 16.7 Å². The van der Waals surface area contributed by atoms with Gasteiger partial charge in [0.1, 0.15) is 0 Å². The summed E-state index contributed by atoms with van der Waals surface area (Å²) in [6.07, 6.45) is 5.46. The summed E-state index contributed by atoms with van der Waals surface area (Å²) in [5.74, 6) is 0. The second-order valence-corrected chi connectivity index (χ2v) is 7.00. The van der Waals surface area contributed by atoms with Crippen LogP contribution in [0.5, 0.6) is 0 Å². The summed E-state index contributed by atoms with van der Waals surface area (Å²) in [5.41, 5.74) is 1.16. The Morgan fingerprint density at radius 3 is 3.00 bits per heavy atom. The third-order valence-corrected chi connectivity index (χ3v) is 6.03. The van der Waals surface area contributed by atoms with Crippen molar-refractivity contribution in [3.8, 4) is 0 Å². The van der Waals surface area contributed by atoms with Crippen molar-refractivity contribution in [3.63, 3.8) is 0 Å². The lowest BCUT2D eigenvalue weighted by atomic mass is 10.0. The lowest BCUT2D eigenvalue weighted by Gasteiger charge is -2.37. The predicted molar refractivity (Wildman–Crippen MR) is 76.8 cm³/mol. The molecule has 5 heteroatoms. The maximum atomic E-state index is 10.1. The van der Waals surface area contributed by atoms with E-state index in [-0.39, 0.29) is 6.10 Å². The Morgan fingerprint density at radius 2 is 2.11 bits per heavy atom. The molecule has 0 radical (unpaired) electrons. The minimum atomic E-state index is -0.261. The molecule has 0 amide bonds. The van der Waals surface area contributed by atoms with E-state index in [9.17, 15) is 5.11 Å². The lowest BCUT2D eigenvalue weighted by Crippen LogP contribution is -2.50. The van der Waals surface area contributed by atoms with Crippen molar-refractivity contribution >= 4 is 16.5 Å². The molecule has 0 bridgehead atoms. The third-order valence-electron chi connectivity index (χ3n) is 4.77. The van der Waals surface area contributed by atoms with Gasteiger partial charge in [-0.3, -0.25) is 4.90 Å². The molecule has 3 heterocycles. The minimum Gasteiger partial charge on any atom is -0.388 e. The Bertz CT molecular complexity index is 475. The van der Waals surface area contributed by atoms with E-state index in [2.05, 4.69) is 9.80 Å². The second-order valence-electron chi connectivity index (χ2n) is 5.99. The van der Waals surface area contributed by atoms with Gasteiger partial charge in [0.2, 0.25) is 0 Å². The van der Waals surface area contributed by atoms with E-state index >= 15 is 0 Å². The molecule has 2 saturated heterocycles. The number of hydrogen-bond acceptors (Lipinski definition) is 5. The molecule has 1 N–H and O–H groups in total.